The molecule has 0 aliphatic heterocycles. The second-order valence-electron chi connectivity index (χ2n) is 6.90. The molecule has 1 atom stereocenters. The Labute approximate surface area is 128 Å². The van der Waals surface area contributed by atoms with Gasteiger partial charge in [0.05, 0.1) is 24.1 Å². The Kier molecular flexibility index (Phi) is 6.46. The van der Waals surface area contributed by atoms with Crippen molar-refractivity contribution in [1.29, 1.82) is 0 Å². The van der Waals surface area contributed by atoms with Crippen LogP contribution in [0.1, 0.15) is 32.2 Å². The molecule has 0 spiro atoms. The van der Waals surface area contributed by atoms with Gasteiger partial charge in [0.1, 0.15) is 0 Å². The third-order valence-electron chi connectivity index (χ3n) is 4.02. The molecular weight excluding hydrogens is 284 g/mol. The van der Waals surface area contributed by atoms with E-state index in [1.807, 2.05) is 0 Å². The quantitative estimate of drug-likeness (QED) is 0.753. The number of hydrogen-bond acceptors (Lipinski definition) is 5. The van der Waals surface area contributed by atoms with Crippen LogP contribution in [0.3, 0.4) is 0 Å². The maximum absolute atomic E-state index is 9.44. The highest BCUT2D eigenvalue weighted by atomic mass is 28.4. The molecule has 1 rings (SSSR count). The maximum atomic E-state index is 9.44. The third kappa shape index (κ3) is 5.82. The zero-order valence-corrected chi connectivity index (χ0v) is 14.8. The van der Waals surface area contributed by atoms with Crippen LogP contribution in [0.4, 0.5) is 0 Å². The van der Waals surface area contributed by atoms with Crippen LogP contribution in [0.5, 0.6) is 0 Å². The first-order valence-corrected chi connectivity index (χ1v) is 10.3. The first-order valence-electron chi connectivity index (χ1n) is 7.38. The van der Waals surface area contributed by atoms with Crippen molar-refractivity contribution in [3.05, 3.63) is 23.8 Å². The van der Waals surface area contributed by atoms with Gasteiger partial charge in [-0.1, -0.05) is 20.8 Å². The summed E-state index contributed by atoms with van der Waals surface area (Å²) in [6.45, 7) is 11.5. The smallest absolute Gasteiger partial charge is 0.191 e. The Balaban J connectivity index is 2.55. The minimum atomic E-state index is -1.73. The van der Waals surface area contributed by atoms with Crippen molar-refractivity contribution in [2.45, 2.75) is 57.8 Å². The SMILES string of the molecule is CC(C)(C)[Si](C)(C)OCCc1cncc(CC(O)CO)n1. The van der Waals surface area contributed by atoms with Gasteiger partial charge in [0, 0.05) is 31.8 Å². The highest BCUT2D eigenvalue weighted by molar-refractivity contribution is 6.74. The zero-order chi connectivity index (χ0) is 16.1. The average molecular weight is 312 g/mol. The highest BCUT2D eigenvalue weighted by Gasteiger charge is 2.36. The lowest BCUT2D eigenvalue weighted by atomic mass is 10.2. The van der Waals surface area contributed by atoms with E-state index in [0.717, 1.165) is 5.69 Å². The van der Waals surface area contributed by atoms with E-state index in [1.165, 1.54) is 0 Å². The number of hydrogen-bond donors (Lipinski definition) is 2. The first kappa shape index (κ1) is 18.2. The molecule has 0 saturated carbocycles. The molecule has 0 fully saturated rings. The summed E-state index contributed by atoms with van der Waals surface area (Å²) in [5, 5.41) is 18.5. The summed E-state index contributed by atoms with van der Waals surface area (Å²) in [4.78, 5) is 8.58. The predicted octanol–water partition coefficient (Wildman–Crippen LogP) is 1.94. The molecule has 1 unspecified atom stereocenters. The summed E-state index contributed by atoms with van der Waals surface area (Å²) in [5.41, 5.74) is 1.55. The van der Waals surface area contributed by atoms with Crippen LogP contribution < -0.4 is 0 Å². The molecule has 6 heteroatoms. The highest BCUT2D eigenvalue weighted by Crippen LogP contribution is 2.36. The fourth-order valence-corrected chi connectivity index (χ4v) is 2.65. The summed E-state index contributed by atoms with van der Waals surface area (Å²) < 4.78 is 6.12. The summed E-state index contributed by atoms with van der Waals surface area (Å²) in [6.07, 6.45) is 3.60. The fourth-order valence-electron chi connectivity index (χ4n) is 1.60. The average Bonchev–Trinajstić information content (AvgIpc) is 2.37. The van der Waals surface area contributed by atoms with E-state index in [0.29, 0.717) is 25.1 Å². The van der Waals surface area contributed by atoms with Crippen LogP contribution in [0, 0.1) is 0 Å². The number of aromatic nitrogens is 2. The van der Waals surface area contributed by atoms with Crippen LogP contribution in [-0.4, -0.2) is 47.8 Å². The summed E-state index contributed by atoms with van der Waals surface area (Å²) in [6, 6.07) is 0. The zero-order valence-electron chi connectivity index (χ0n) is 13.8. The Morgan fingerprint density at radius 1 is 1.24 bits per heavy atom. The molecule has 0 saturated heterocycles. The van der Waals surface area contributed by atoms with E-state index in [-0.39, 0.29) is 11.6 Å². The summed E-state index contributed by atoms with van der Waals surface area (Å²) in [5.74, 6) is 0. The number of aliphatic hydroxyl groups is 2. The van der Waals surface area contributed by atoms with E-state index in [9.17, 15) is 5.11 Å². The van der Waals surface area contributed by atoms with Crippen molar-refractivity contribution in [3.63, 3.8) is 0 Å². The van der Waals surface area contributed by atoms with Crippen molar-refractivity contribution >= 4 is 8.32 Å². The minimum Gasteiger partial charge on any atom is -0.416 e. The molecule has 1 aromatic rings. The molecule has 5 nitrogen and oxygen atoms in total. The Hall–Kier alpha value is -0.823. The van der Waals surface area contributed by atoms with Crippen molar-refractivity contribution in [1.82, 2.24) is 9.97 Å². The van der Waals surface area contributed by atoms with E-state index in [4.69, 9.17) is 9.53 Å². The van der Waals surface area contributed by atoms with Gasteiger partial charge in [-0.3, -0.25) is 9.97 Å². The van der Waals surface area contributed by atoms with Crippen molar-refractivity contribution in [2.24, 2.45) is 0 Å². The summed E-state index contributed by atoms with van der Waals surface area (Å²) >= 11 is 0. The van der Waals surface area contributed by atoms with Gasteiger partial charge >= 0.3 is 0 Å². The van der Waals surface area contributed by atoms with Crippen molar-refractivity contribution < 1.29 is 14.6 Å². The maximum Gasteiger partial charge on any atom is 0.191 e. The fraction of sp³-hybridized carbons (Fsp3) is 0.733. The normalized spacial score (nSPS) is 14.2. The number of rotatable bonds is 7. The monoisotopic (exact) mass is 312 g/mol. The minimum absolute atomic E-state index is 0.200. The van der Waals surface area contributed by atoms with Crippen LogP contribution in [-0.2, 0) is 17.3 Å². The second kappa shape index (κ2) is 7.44. The van der Waals surface area contributed by atoms with Gasteiger partial charge in [-0.25, -0.2) is 0 Å². The molecule has 0 aliphatic rings. The lowest BCUT2D eigenvalue weighted by molar-refractivity contribution is 0.0946. The molecule has 0 aromatic carbocycles. The molecule has 0 amide bonds. The molecule has 1 heterocycles. The van der Waals surface area contributed by atoms with Crippen LogP contribution in [0.25, 0.3) is 0 Å². The molecule has 21 heavy (non-hydrogen) atoms. The molecular formula is C15H28N2O3Si. The van der Waals surface area contributed by atoms with E-state index < -0.39 is 14.4 Å². The lowest BCUT2D eigenvalue weighted by Crippen LogP contribution is -2.41. The topological polar surface area (TPSA) is 75.5 Å². The molecule has 120 valence electrons. The molecule has 1 aromatic heterocycles. The van der Waals surface area contributed by atoms with Gasteiger partial charge in [-0.15, -0.1) is 0 Å². The Bertz CT molecular complexity index is 447. The van der Waals surface area contributed by atoms with Gasteiger partial charge in [-0.05, 0) is 18.1 Å². The lowest BCUT2D eigenvalue weighted by Gasteiger charge is -2.36. The molecule has 0 aliphatic carbocycles. The van der Waals surface area contributed by atoms with Gasteiger partial charge in [0.2, 0.25) is 0 Å². The van der Waals surface area contributed by atoms with Gasteiger partial charge in [0.25, 0.3) is 0 Å². The Morgan fingerprint density at radius 2 is 1.86 bits per heavy atom. The standard InChI is InChI=1S/C15H28N2O3Si/c1-15(2,3)21(4,5)20-7-6-12-9-16-10-13(17-12)8-14(19)11-18/h9-10,14,18-19H,6-8,11H2,1-5H3. The molecule has 2 N–H and O–H groups in total. The van der Waals surface area contributed by atoms with Crippen molar-refractivity contribution in [3.8, 4) is 0 Å². The largest absolute Gasteiger partial charge is 0.416 e. The van der Waals surface area contributed by atoms with Crippen molar-refractivity contribution in [2.75, 3.05) is 13.2 Å². The summed E-state index contributed by atoms with van der Waals surface area (Å²) in [7, 11) is -1.73. The molecule has 0 bridgehead atoms. The van der Waals surface area contributed by atoms with Gasteiger partial charge < -0.3 is 14.6 Å². The van der Waals surface area contributed by atoms with Gasteiger partial charge in [-0.2, -0.15) is 0 Å². The van der Waals surface area contributed by atoms with Crippen LogP contribution in [0.2, 0.25) is 18.1 Å². The van der Waals surface area contributed by atoms with Gasteiger partial charge in [0.15, 0.2) is 8.32 Å². The molecule has 0 radical (unpaired) electrons. The Morgan fingerprint density at radius 3 is 2.43 bits per heavy atom. The number of aliphatic hydroxyl groups excluding tert-OH is 2. The second-order valence-corrected chi connectivity index (χ2v) is 11.7. The van der Waals surface area contributed by atoms with Crippen LogP contribution in [0.15, 0.2) is 12.4 Å². The first-order chi connectivity index (χ1) is 9.65. The third-order valence-corrected chi connectivity index (χ3v) is 8.56. The van der Waals surface area contributed by atoms with E-state index in [2.05, 4.69) is 43.8 Å². The number of nitrogens with zero attached hydrogens (tertiary/aromatic N) is 2. The predicted molar refractivity (Wildman–Crippen MR) is 85.7 cm³/mol. The van der Waals surface area contributed by atoms with E-state index >= 15 is 0 Å². The van der Waals surface area contributed by atoms with Crippen LogP contribution >= 0.6 is 0 Å². The van der Waals surface area contributed by atoms with E-state index in [1.54, 1.807) is 12.4 Å².